The molecule has 0 fully saturated rings. The molecule has 0 spiro atoms. The molecule has 2 rings (SSSR count). The topological polar surface area (TPSA) is 88.7 Å². The predicted octanol–water partition coefficient (Wildman–Crippen LogP) is 4.07. The fourth-order valence-electron chi connectivity index (χ4n) is 2.88. The third kappa shape index (κ3) is 9.53. The normalized spacial score (nSPS) is 10.4. The van der Waals surface area contributed by atoms with Crippen molar-refractivity contribution < 1.29 is 19.1 Å². The molecule has 0 bridgehead atoms. The molecule has 0 radical (unpaired) electrons. The maximum atomic E-state index is 12.2. The van der Waals surface area contributed by atoms with Crippen molar-refractivity contribution in [3.63, 3.8) is 0 Å². The number of anilines is 2. The minimum Gasteiger partial charge on any atom is -0.494 e. The summed E-state index contributed by atoms with van der Waals surface area (Å²) in [4.78, 5) is 24.2. The van der Waals surface area contributed by atoms with Crippen LogP contribution in [0.3, 0.4) is 0 Å². The molecule has 3 N–H and O–H groups in total. The van der Waals surface area contributed by atoms with Crippen molar-refractivity contribution >= 4 is 23.2 Å². The summed E-state index contributed by atoms with van der Waals surface area (Å²) in [5, 5.41) is 8.67. The standard InChI is InChI=1S/C24H33N3O4/c1-3-4-5-6-15-31-22-9-7-8-21(17-22)26-18-23(28)27-20-12-10-19(11-13-20)24(29)25-14-16-30-2/h7-13,17,26H,3-6,14-16,18H2,1-2H3,(H,25,29)(H,27,28). The average molecular weight is 428 g/mol. The van der Waals surface area contributed by atoms with Gasteiger partial charge < -0.3 is 25.4 Å². The number of methoxy groups -OCH3 is 1. The van der Waals surface area contributed by atoms with Gasteiger partial charge in [0.05, 0.1) is 19.8 Å². The van der Waals surface area contributed by atoms with E-state index in [1.54, 1.807) is 31.4 Å². The Morgan fingerprint density at radius 1 is 0.935 bits per heavy atom. The Balaban J connectivity index is 1.75. The van der Waals surface area contributed by atoms with Crippen LogP contribution in [0.25, 0.3) is 0 Å². The molecule has 7 nitrogen and oxygen atoms in total. The van der Waals surface area contributed by atoms with E-state index in [0.717, 1.165) is 17.9 Å². The predicted molar refractivity (Wildman–Crippen MR) is 124 cm³/mol. The highest BCUT2D eigenvalue weighted by Crippen LogP contribution is 2.18. The monoisotopic (exact) mass is 427 g/mol. The zero-order valence-electron chi connectivity index (χ0n) is 18.4. The van der Waals surface area contributed by atoms with Gasteiger partial charge in [-0.2, -0.15) is 0 Å². The number of hydrogen-bond acceptors (Lipinski definition) is 5. The number of rotatable bonds is 14. The molecular formula is C24H33N3O4. The molecule has 0 unspecified atom stereocenters. The van der Waals surface area contributed by atoms with E-state index in [1.807, 2.05) is 24.3 Å². The first-order valence-corrected chi connectivity index (χ1v) is 10.8. The van der Waals surface area contributed by atoms with Crippen molar-refractivity contribution in [3.05, 3.63) is 54.1 Å². The molecule has 0 saturated heterocycles. The third-order valence-electron chi connectivity index (χ3n) is 4.58. The lowest BCUT2D eigenvalue weighted by molar-refractivity contribution is -0.114. The molecule has 0 aliphatic carbocycles. The second-order valence-electron chi connectivity index (χ2n) is 7.16. The van der Waals surface area contributed by atoms with Crippen LogP contribution in [0, 0.1) is 0 Å². The minimum absolute atomic E-state index is 0.124. The van der Waals surface area contributed by atoms with Crippen LogP contribution in [0.4, 0.5) is 11.4 Å². The van der Waals surface area contributed by atoms with Crippen molar-refractivity contribution in [2.75, 3.05) is 44.0 Å². The quantitative estimate of drug-likeness (QED) is 0.396. The molecule has 2 aromatic rings. The minimum atomic E-state index is -0.178. The van der Waals surface area contributed by atoms with Gasteiger partial charge in [-0.1, -0.05) is 32.3 Å². The number of carbonyl (C=O) groups excluding carboxylic acids is 2. The second-order valence-corrected chi connectivity index (χ2v) is 7.16. The van der Waals surface area contributed by atoms with Crippen LogP contribution >= 0.6 is 0 Å². The van der Waals surface area contributed by atoms with Crippen molar-refractivity contribution in [2.24, 2.45) is 0 Å². The number of hydrogen-bond donors (Lipinski definition) is 3. The lowest BCUT2D eigenvalue weighted by atomic mass is 10.2. The average Bonchev–Trinajstić information content (AvgIpc) is 2.78. The summed E-state index contributed by atoms with van der Waals surface area (Å²) in [7, 11) is 1.58. The SMILES string of the molecule is CCCCCCOc1cccc(NCC(=O)Nc2ccc(C(=O)NCCOC)cc2)c1. The molecule has 168 valence electrons. The Labute approximate surface area is 184 Å². The molecule has 0 heterocycles. The van der Waals surface area contributed by atoms with E-state index in [2.05, 4.69) is 22.9 Å². The van der Waals surface area contributed by atoms with Crippen LogP contribution in [-0.4, -0.2) is 45.2 Å². The summed E-state index contributed by atoms with van der Waals surface area (Å²) in [6.45, 7) is 3.92. The van der Waals surface area contributed by atoms with Crippen LogP contribution in [0.1, 0.15) is 43.0 Å². The van der Waals surface area contributed by atoms with Crippen molar-refractivity contribution in [1.29, 1.82) is 0 Å². The first-order chi connectivity index (χ1) is 15.1. The fourth-order valence-corrected chi connectivity index (χ4v) is 2.88. The highest BCUT2D eigenvalue weighted by atomic mass is 16.5. The highest BCUT2D eigenvalue weighted by molar-refractivity contribution is 5.96. The van der Waals surface area contributed by atoms with E-state index < -0.39 is 0 Å². The molecule has 0 atom stereocenters. The molecule has 0 saturated carbocycles. The lowest BCUT2D eigenvalue weighted by Crippen LogP contribution is -2.27. The Hall–Kier alpha value is -3.06. The van der Waals surface area contributed by atoms with Gasteiger partial charge in [-0.3, -0.25) is 9.59 Å². The summed E-state index contributed by atoms with van der Waals surface area (Å²) < 4.78 is 10.7. The van der Waals surface area contributed by atoms with E-state index in [9.17, 15) is 9.59 Å². The van der Waals surface area contributed by atoms with E-state index in [1.165, 1.54) is 19.3 Å². The van der Waals surface area contributed by atoms with Gasteiger partial charge in [0, 0.05) is 36.7 Å². The first-order valence-electron chi connectivity index (χ1n) is 10.8. The highest BCUT2D eigenvalue weighted by Gasteiger charge is 2.07. The van der Waals surface area contributed by atoms with Gasteiger partial charge in [-0.05, 0) is 42.8 Å². The largest absolute Gasteiger partial charge is 0.494 e. The molecule has 0 aliphatic rings. The molecule has 31 heavy (non-hydrogen) atoms. The van der Waals surface area contributed by atoms with Gasteiger partial charge in [0.1, 0.15) is 5.75 Å². The molecular weight excluding hydrogens is 394 g/mol. The Kier molecular flexibility index (Phi) is 11.0. The van der Waals surface area contributed by atoms with Crippen molar-refractivity contribution in [2.45, 2.75) is 32.6 Å². The smallest absolute Gasteiger partial charge is 0.251 e. The Morgan fingerprint density at radius 2 is 1.74 bits per heavy atom. The lowest BCUT2D eigenvalue weighted by Gasteiger charge is -2.11. The maximum Gasteiger partial charge on any atom is 0.251 e. The van der Waals surface area contributed by atoms with Crippen LogP contribution in [0.15, 0.2) is 48.5 Å². The summed E-state index contributed by atoms with van der Waals surface area (Å²) in [6, 6.07) is 14.4. The van der Waals surface area contributed by atoms with Gasteiger partial charge in [0.25, 0.3) is 5.91 Å². The molecule has 0 aromatic heterocycles. The van der Waals surface area contributed by atoms with E-state index in [-0.39, 0.29) is 18.4 Å². The number of ether oxygens (including phenoxy) is 2. The molecule has 0 aliphatic heterocycles. The maximum absolute atomic E-state index is 12.2. The molecule has 2 amide bonds. The van der Waals surface area contributed by atoms with Crippen LogP contribution < -0.4 is 20.7 Å². The summed E-state index contributed by atoms with van der Waals surface area (Å²) in [5.74, 6) is 0.438. The van der Waals surface area contributed by atoms with Gasteiger partial charge in [-0.15, -0.1) is 0 Å². The van der Waals surface area contributed by atoms with E-state index >= 15 is 0 Å². The number of carbonyl (C=O) groups is 2. The van der Waals surface area contributed by atoms with Gasteiger partial charge in [0.2, 0.25) is 5.91 Å². The number of benzene rings is 2. The summed E-state index contributed by atoms with van der Waals surface area (Å²) in [6.07, 6.45) is 4.65. The van der Waals surface area contributed by atoms with Crippen LogP contribution in [-0.2, 0) is 9.53 Å². The Bertz CT molecular complexity index is 809. The number of nitrogens with one attached hydrogen (secondary N) is 3. The number of unbranched alkanes of at least 4 members (excludes halogenated alkanes) is 3. The van der Waals surface area contributed by atoms with Crippen molar-refractivity contribution in [3.8, 4) is 5.75 Å². The van der Waals surface area contributed by atoms with Gasteiger partial charge in [-0.25, -0.2) is 0 Å². The first kappa shape index (κ1) is 24.2. The number of amides is 2. The van der Waals surface area contributed by atoms with Gasteiger partial charge in [0.15, 0.2) is 0 Å². The van der Waals surface area contributed by atoms with Crippen molar-refractivity contribution in [1.82, 2.24) is 5.32 Å². The summed E-state index contributed by atoms with van der Waals surface area (Å²) in [5.41, 5.74) is 1.98. The fraction of sp³-hybridized carbons (Fsp3) is 0.417. The van der Waals surface area contributed by atoms with Crippen LogP contribution in [0.2, 0.25) is 0 Å². The van der Waals surface area contributed by atoms with E-state index in [4.69, 9.17) is 9.47 Å². The Morgan fingerprint density at radius 3 is 2.48 bits per heavy atom. The summed E-state index contributed by atoms with van der Waals surface area (Å²) >= 11 is 0. The van der Waals surface area contributed by atoms with Crippen LogP contribution in [0.5, 0.6) is 5.75 Å². The zero-order chi connectivity index (χ0) is 22.3. The zero-order valence-corrected chi connectivity index (χ0v) is 18.4. The third-order valence-corrected chi connectivity index (χ3v) is 4.58. The molecule has 7 heteroatoms. The molecule has 2 aromatic carbocycles. The van der Waals surface area contributed by atoms with E-state index in [0.29, 0.717) is 31.0 Å². The second kappa shape index (κ2) is 14.0. The van der Waals surface area contributed by atoms with Gasteiger partial charge >= 0.3 is 0 Å².